The third-order valence-electron chi connectivity index (χ3n) is 4.71. The molecule has 0 saturated carbocycles. The van der Waals surface area contributed by atoms with Crippen LogP contribution in [0.2, 0.25) is 0 Å². The summed E-state index contributed by atoms with van der Waals surface area (Å²) in [5, 5.41) is 3.56. The van der Waals surface area contributed by atoms with Crippen LogP contribution in [0, 0.1) is 0 Å². The summed E-state index contributed by atoms with van der Waals surface area (Å²) < 4.78 is 28.4. The third kappa shape index (κ3) is 5.33. The summed E-state index contributed by atoms with van der Waals surface area (Å²) >= 11 is 0. The molecule has 2 atom stereocenters. The van der Waals surface area contributed by atoms with Crippen LogP contribution in [0.15, 0.2) is 29.2 Å². The quantitative estimate of drug-likeness (QED) is 0.829. The van der Waals surface area contributed by atoms with Crippen LogP contribution in [0.25, 0.3) is 0 Å². The minimum absolute atomic E-state index is 0. The molecular weight excluding hydrogens is 364 g/mol. The summed E-state index contributed by atoms with van der Waals surface area (Å²) in [6.45, 7) is 1.91. The normalized spacial score (nSPS) is 22.8. The van der Waals surface area contributed by atoms with E-state index in [2.05, 4.69) is 5.32 Å². The Morgan fingerprint density at radius 3 is 2.56 bits per heavy atom. The number of nitrogens with zero attached hydrogens (tertiary/aromatic N) is 1. The molecule has 1 aromatic rings. The Morgan fingerprint density at radius 2 is 1.88 bits per heavy atom. The second-order valence-electron chi connectivity index (χ2n) is 6.61. The predicted octanol–water partition coefficient (Wildman–Crippen LogP) is 1.63. The number of hydrogen-bond acceptors (Lipinski definition) is 5. The number of amides is 1. The highest BCUT2D eigenvalue weighted by molar-refractivity contribution is 7.90. The molecule has 8 heteroatoms. The van der Waals surface area contributed by atoms with E-state index in [-0.39, 0.29) is 23.2 Å². The summed E-state index contributed by atoms with van der Waals surface area (Å²) in [7, 11) is -3.20. The standard InChI is InChI=1S/C17H24N2O4S.ClH/c1-24(21,22)16-6-4-15(5-7-16)23-11-9-17(20)19-10-8-13-2-3-14(12-19)18-13;/h4-7,13-14,18H,2-3,8-12H2,1H3;1H. The summed E-state index contributed by atoms with van der Waals surface area (Å²) in [4.78, 5) is 14.5. The number of halogens is 1. The van der Waals surface area contributed by atoms with Crippen LogP contribution < -0.4 is 10.1 Å². The first-order valence-corrected chi connectivity index (χ1v) is 10.3. The molecule has 140 valence electrons. The molecule has 0 aliphatic carbocycles. The van der Waals surface area contributed by atoms with E-state index in [0.29, 0.717) is 30.9 Å². The maximum Gasteiger partial charge on any atom is 0.226 e. The van der Waals surface area contributed by atoms with Crippen molar-refractivity contribution in [2.45, 2.75) is 42.7 Å². The number of hydrogen-bond donors (Lipinski definition) is 1. The highest BCUT2D eigenvalue weighted by Crippen LogP contribution is 2.21. The van der Waals surface area contributed by atoms with Crippen molar-refractivity contribution in [2.75, 3.05) is 26.0 Å². The van der Waals surface area contributed by atoms with Crippen LogP contribution in [-0.2, 0) is 14.6 Å². The van der Waals surface area contributed by atoms with Crippen LogP contribution in [0.3, 0.4) is 0 Å². The van der Waals surface area contributed by atoms with E-state index in [0.717, 1.165) is 25.9 Å². The fourth-order valence-corrected chi connectivity index (χ4v) is 4.00. The van der Waals surface area contributed by atoms with Crippen LogP contribution in [0.4, 0.5) is 0 Å². The van der Waals surface area contributed by atoms with Gasteiger partial charge in [0.1, 0.15) is 5.75 Å². The molecular formula is C17H25ClN2O4S. The van der Waals surface area contributed by atoms with Crippen molar-refractivity contribution >= 4 is 28.2 Å². The number of carbonyl (C=O) groups is 1. The lowest BCUT2D eigenvalue weighted by Crippen LogP contribution is -2.39. The fourth-order valence-electron chi connectivity index (χ4n) is 3.37. The van der Waals surface area contributed by atoms with E-state index < -0.39 is 9.84 Å². The Kier molecular flexibility index (Phi) is 6.71. The molecule has 1 aromatic carbocycles. The Morgan fingerprint density at radius 1 is 1.20 bits per heavy atom. The number of benzene rings is 1. The molecule has 2 aliphatic rings. The number of sulfone groups is 1. The molecule has 0 radical (unpaired) electrons. The van der Waals surface area contributed by atoms with Gasteiger partial charge in [0.15, 0.2) is 9.84 Å². The first-order chi connectivity index (χ1) is 11.4. The van der Waals surface area contributed by atoms with Crippen LogP contribution in [0.1, 0.15) is 25.7 Å². The molecule has 2 heterocycles. The van der Waals surface area contributed by atoms with Crippen LogP contribution in [-0.4, -0.2) is 57.3 Å². The van der Waals surface area contributed by atoms with Gasteiger partial charge >= 0.3 is 0 Å². The number of likely N-dealkylation sites (tertiary alicyclic amines) is 1. The fraction of sp³-hybridized carbons (Fsp3) is 0.588. The second-order valence-corrected chi connectivity index (χ2v) is 8.62. The lowest BCUT2D eigenvalue weighted by Gasteiger charge is -2.24. The van der Waals surface area contributed by atoms with Crippen molar-refractivity contribution < 1.29 is 17.9 Å². The zero-order valence-corrected chi connectivity index (χ0v) is 15.9. The monoisotopic (exact) mass is 388 g/mol. The van der Waals surface area contributed by atoms with Crippen molar-refractivity contribution in [3.63, 3.8) is 0 Å². The van der Waals surface area contributed by atoms with Crippen molar-refractivity contribution in [3.8, 4) is 5.75 Å². The largest absolute Gasteiger partial charge is 0.493 e. The zero-order chi connectivity index (χ0) is 17.2. The van der Waals surface area contributed by atoms with Gasteiger partial charge in [0.05, 0.1) is 17.9 Å². The van der Waals surface area contributed by atoms with Crippen molar-refractivity contribution in [2.24, 2.45) is 0 Å². The van der Waals surface area contributed by atoms with E-state index in [4.69, 9.17) is 4.74 Å². The number of ether oxygens (including phenoxy) is 1. The van der Waals surface area contributed by atoms with Crippen molar-refractivity contribution in [3.05, 3.63) is 24.3 Å². The SMILES string of the molecule is CS(=O)(=O)c1ccc(OCCC(=O)N2CCC3CCC(C2)N3)cc1.Cl. The highest BCUT2D eigenvalue weighted by atomic mass is 35.5. The molecule has 0 spiro atoms. The first-order valence-electron chi connectivity index (χ1n) is 8.38. The Labute approximate surface area is 155 Å². The Hall–Kier alpha value is -1.31. The topological polar surface area (TPSA) is 75.7 Å². The lowest BCUT2D eigenvalue weighted by molar-refractivity contribution is -0.131. The molecule has 3 rings (SSSR count). The summed E-state index contributed by atoms with van der Waals surface area (Å²) in [5.41, 5.74) is 0. The number of nitrogens with one attached hydrogen (secondary N) is 1. The predicted molar refractivity (Wildman–Crippen MR) is 98.1 cm³/mol. The maximum absolute atomic E-state index is 12.3. The average molecular weight is 389 g/mol. The van der Waals surface area contributed by atoms with Gasteiger partial charge < -0.3 is 15.0 Å². The lowest BCUT2D eigenvalue weighted by atomic mass is 10.1. The molecule has 2 fully saturated rings. The van der Waals surface area contributed by atoms with Crippen LogP contribution >= 0.6 is 12.4 Å². The van der Waals surface area contributed by atoms with Gasteiger partial charge in [-0.1, -0.05) is 0 Å². The van der Waals surface area contributed by atoms with Gasteiger partial charge in [0.25, 0.3) is 0 Å². The third-order valence-corrected chi connectivity index (χ3v) is 5.84. The number of carbonyl (C=O) groups excluding carboxylic acids is 1. The molecule has 2 aliphatic heterocycles. The average Bonchev–Trinajstić information content (AvgIpc) is 2.86. The summed E-state index contributed by atoms with van der Waals surface area (Å²) in [6, 6.07) is 7.28. The summed E-state index contributed by atoms with van der Waals surface area (Å²) in [5.74, 6) is 0.698. The van der Waals surface area contributed by atoms with Gasteiger partial charge in [0, 0.05) is 31.4 Å². The molecule has 1 amide bonds. The van der Waals surface area contributed by atoms with Crippen molar-refractivity contribution in [1.29, 1.82) is 0 Å². The number of rotatable bonds is 5. The van der Waals surface area contributed by atoms with Gasteiger partial charge in [0.2, 0.25) is 5.91 Å². The van der Waals surface area contributed by atoms with Crippen molar-refractivity contribution in [1.82, 2.24) is 10.2 Å². The highest BCUT2D eigenvalue weighted by Gasteiger charge is 2.30. The van der Waals surface area contributed by atoms with E-state index in [9.17, 15) is 13.2 Å². The molecule has 6 nitrogen and oxygen atoms in total. The van der Waals surface area contributed by atoms with E-state index in [1.54, 1.807) is 12.1 Å². The minimum Gasteiger partial charge on any atom is -0.493 e. The smallest absolute Gasteiger partial charge is 0.226 e. The van der Waals surface area contributed by atoms with Crippen LogP contribution in [0.5, 0.6) is 5.75 Å². The van der Waals surface area contributed by atoms with Gasteiger partial charge in [-0.2, -0.15) is 0 Å². The molecule has 2 unspecified atom stereocenters. The maximum atomic E-state index is 12.3. The molecule has 0 aromatic heterocycles. The van der Waals surface area contributed by atoms with E-state index in [1.165, 1.54) is 24.8 Å². The van der Waals surface area contributed by atoms with Gasteiger partial charge in [-0.15, -0.1) is 12.4 Å². The van der Waals surface area contributed by atoms with E-state index in [1.807, 2.05) is 4.90 Å². The second kappa shape index (κ2) is 8.38. The number of fused-ring (bicyclic) bond motifs is 2. The van der Waals surface area contributed by atoms with Gasteiger partial charge in [-0.05, 0) is 43.5 Å². The molecule has 1 N–H and O–H groups in total. The minimum atomic E-state index is -3.20. The molecule has 2 bridgehead atoms. The molecule has 25 heavy (non-hydrogen) atoms. The van der Waals surface area contributed by atoms with E-state index >= 15 is 0 Å². The first kappa shape index (κ1) is 20.0. The zero-order valence-electron chi connectivity index (χ0n) is 14.3. The van der Waals surface area contributed by atoms with Gasteiger partial charge in [-0.3, -0.25) is 4.79 Å². The molecule has 2 saturated heterocycles. The Balaban J connectivity index is 0.00000225. The summed E-state index contributed by atoms with van der Waals surface area (Å²) in [6.07, 6.45) is 4.91. The van der Waals surface area contributed by atoms with Gasteiger partial charge in [-0.25, -0.2) is 8.42 Å². The Bertz CT molecular complexity index is 693.